The third-order valence-corrected chi connectivity index (χ3v) is 30.0. The fraction of sp³-hybridized carbons (Fsp3) is 0.184. The van der Waals surface area contributed by atoms with Crippen molar-refractivity contribution in [1.82, 2.24) is 22.8 Å². The second kappa shape index (κ2) is 40.0. The van der Waals surface area contributed by atoms with Crippen molar-refractivity contribution in [1.29, 1.82) is 0 Å². The first kappa shape index (κ1) is 93.2. The molecule has 10 heteroatoms. The Hall–Kier alpha value is -16.4. The van der Waals surface area contributed by atoms with Crippen molar-refractivity contribution >= 4 is 163 Å². The molecule has 0 N–H and O–H groups in total. The van der Waals surface area contributed by atoms with Crippen molar-refractivity contribution in [3.63, 3.8) is 0 Å². The number of hydrogen-bond acceptors (Lipinski definition) is 0. The maximum absolute atomic E-state index is 8.24. The van der Waals surface area contributed by atoms with Crippen LogP contribution in [0.25, 0.3) is 230 Å². The molecule has 10 aromatic heterocycles. The predicted molar refractivity (Wildman–Crippen MR) is 629 cm³/mol. The first-order chi connectivity index (χ1) is 70.7. The van der Waals surface area contributed by atoms with Crippen LogP contribution in [0.5, 0.6) is 0 Å². The highest BCUT2D eigenvalue weighted by Gasteiger charge is 2.32. The molecule has 0 amide bonds. The summed E-state index contributed by atoms with van der Waals surface area (Å²) in [4.78, 5) is 0. The third kappa shape index (κ3) is 16.9. The van der Waals surface area contributed by atoms with Gasteiger partial charge in [-0.05, 0) is 241 Å². The van der Waals surface area contributed by atoms with Crippen LogP contribution < -0.4 is 22.8 Å². The van der Waals surface area contributed by atoms with Gasteiger partial charge in [0.25, 0.3) is 0 Å². The molecule has 26 rings (SSSR count). The van der Waals surface area contributed by atoms with Crippen LogP contribution in [0.4, 0.5) is 0 Å². The summed E-state index contributed by atoms with van der Waals surface area (Å²) < 4.78 is 70.3. The third-order valence-electron chi connectivity index (χ3n) is 30.0. The summed E-state index contributed by atoms with van der Waals surface area (Å²) in [6.07, 6.45) is 10.5. The molecule has 26 aromatic rings. The lowest BCUT2D eigenvalue weighted by Gasteiger charge is -2.09. The van der Waals surface area contributed by atoms with Crippen LogP contribution >= 0.6 is 0 Å². The van der Waals surface area contributed by atoms with E-state index in [0.29, 0.717) is 5.52 Å². The lowest BCUT2D eigenvalue weighted by atomic mass is 9.96. The van der Waals surface area contributed by atoms with E-state index in [2.05, 4.69) is 457 Å². The molecule has 0 aliphatic carbocycles. The maximum atomic E-state index is 8.24. The average molecular weight is 1920 g/mol. The largest absolute Gasteiger partial charge is 0.343 e. The molecule has 16 aromatic carbocycles. The van der Waals surface area contributed by atoms with E-state index in [0.717, 1.165) is 43.9 Å². The zero-order valence-corrected chi connectivity index (χ0v) is 83.5. The van der Waals surface area contributed by atoms with Crippen LogP contribution in [-0.4, -0.2) is 22.8 Å². The van der Waals surface area contributed by atoms with Crippen molar-refractivity contribution in [3.8, 4) is 67.4 Å². The van der Waals surface area contributed by atoms with Crippen molar-refractivity contribution in [3.05, 3.63) is 414 Å². The number of benzene rings is 16. The molecule has 0 atom stereocenters. The molecule has 0 radical (unpaired) electrons. The summed E-state index contributed by atoms with van der Waals surface area (Å²) in [6, 6.07) is 117. The number of aryl methyl sites for hydroxylation is 20. The van der Waals surface area contributed by atoms with Crippen LogP contribution in [0.1, 0.15) is 101 Å². The van der Waals surface area contributed by atoms with Gasteiger partial charge in [0.2, 0.25) is 28.5 Å². The number of fused-ring (bicyclic) bond motifs is 23. The van der Waals surface area contributed by atoms with Gasteiger partial charge in [0.1, 0.15) is 40.8 Å². The molecule has 10 nitrogen and oxygen atoms in total. The Bertz CT molecular complexity index is 9940. The number of aromatic nitrogens is 10. The second-order valence-corrected chi connectivity index (χ2v) is 39.0. The maximum Gasteiger partial charge on any atom is 0.237 e. The minimum Gasteiger partial charge on any atom is -0.343 e. The van der Waals surface area contributed by atoms with Crippen molar-refractivity contribution in [2.24, 2.45) is 70.5 Å². The summed E-state index contributed by atoms with van der Waals surface area (Å²) in [5, 5.41) is 24.9. The number of pyridine rings is 5. The van der Waals surface area contributed by atoms with Crippen LogP contribution in [0, 0.1) is 69.1 Å². The van der Waals surface area contributed by atoms with Crippen LogP contribution in [0.2, 0.25) is 0 Å². The molecule has 0 aliphatic heterocycles. The van der Waals surface area contributed by atoms with Crippen molar-refractivity contribution in [2.45, 2.75) is 106 Å². The normalized spacial score (nSPS) is 12.1. The first-order valence-electron chi connectivity index (χ1n) is 51.7. The van der Waals surface area contributed by atoms with E-state index in [1.54, 1.807) is 18.3 Å². The Morgan fingerprint density at radius 2 is 0.562 bits per heavy atom. The van der Waals surface area contributed by atoms with E-state index in [1.807, 2.05) is 54.4 Å². The molecule has 146 heavy (non-hydrogen) atoms. The van der Waals surface area contributed by atoms with Crippen LogP contribution in [0.3, 0.4) is 0 Å². The quantitative estimate of drug-likeness (QED) is 0.149. The van der Waals surface area contributed by atoms with Gasteiger partial charge in [0, 0.05) is 155 Å². The van der Waals surface area contributed by atoms with E-state index in [9.17, 15) is 0 Å². The smallest absolute Gasteiger partial charge is 0.237 e. The molecule has 0 aliphatic rings. The van der Waals surface area contributed by atoms with Crippen molar-refractivity contribution < 1.29 is 31.1 Å². The zero-order chi connectivity index (χ0) is 103. The molecule has 0 bridgehead atoms. The topological polar surface area (TPSA) is 44.0 Å². The molecular formula is C136H139N10+5. The van der Waals surface area contributed by atoms with E-state index in [4.69, 9.17) is 8.22 Å². The van der Waals surface area contributed by atoms with Gasteiger partial charge in [0.05, 0.1) is 49.2 Å². The van der Waals surface area contributed by atoms with Gasteiger partial charge in [-0.15, -0.1) is 0 Å². The highest BCUT2D eigenvalue weighted by atomic mass is 15.0. The van der Waals surface area contributed by atoms with Gasteiger partial charge < -0.3 is 22.8 Å². The Morgan fingerprint density at radius 1 is 0.199 bits per heavy atom. The van der Waals surface area contributed by atoms with Gasteiger partial charge in [-0.25, -0.2) is 18.3 Å². The van der Waals surface area contributed by atoms with E-state index in [-0.39, 0.29) is 48.3 Å². The number of nitrogens with zero attached hydrogens (tertiary/aromatic N) is 10. The SMILES string of the molecule is C.C.C.C.C.Cc1ccc(-c2ccc3c(ccc4c3c3cc[n+](C)c(-c5ccc(C)cc5C)c3n4C)c2)cc1.Cc1ccccc1-c1c2c3c4ccccc4ccc3n(C)c2cc[n+]1C.Cc1ccccc1-c1c2c3cc4ccccc4cc3n(C)c2c(C)c[n+]1C.Cc1ccccc1-c1c2c3cc4ccccc4cc3n(C)c2cc[n+]1C.[2H]C([2H])([2H])c1ccc(-c2c3c4c5ccccc5ccc4n(C)c3c(C([2H])([2H])[2H])c[n+]2C)c(C)c1. The predicted octanol–water partition coefficient (Wildman–Crippen LogP) is 32.8. The lowest BCUT2D eigenvalue weighted by Crippen LogP contribution is -2.31. The summed E-state index contributed by atoms with van der Waals surface area (Å²) in [6.45, 7) is 12.7. The molecule has 10 heterocycles. The average Bonchev–Trinajstić information content (AvgIpc) is 1.56. The summed E-state index contributed by atoms with van der Waals surface area (Å²) in [5.41, 5.74) is 36.9. The summed E-state index contributed by atoms with van der Waals surface area (Å²) in [7, 11) is 21.1. The zero-order valence-electron chi connectivity index (χ0n) is 89.5. The molecular weight excluding hydrogens is 1770 g/mol. The van der Waals surface area contributed by atoms with E-state index >= 15 is 0 Å². The van der Waals surface area contributed by atoms with E-state index in [1.165, 1.54) is 225 Å². The Kier molecular flexibility index (Phi) is 25.6. The lowest BCUT2D eigenvalue weighted by molar-refractivity contribution is -0.659. The second-order valence-electron chi connectivity index (χ2n) is 39.0. The number of hydrogen-bond donors (Lipinski definition) is 0. The molecule has 0 unspecified atom stereocenters. The minimum atomic E-state index is -2.30. The Morgan fingerprint density at radius 3 is 1.10 bits per heavy atom. The van der Waals surface area contributed by atoms with Gasteiger partial charge in [-0.1, -0.05) is 284 Å². The highest BCUT2D eigenvalue weighted by Crippen LogP contribution is 2.47. The fourth-order valence-electron chi connectivity index (χ4n) is 23.0. The van der Waals surface area contributed by atoms with E-state index < -0.39 is 13.7 Å². The van der Waals surface area contributed by atoms with Gasteiger partial charge >= 0.3 is 0 Å². The first-order valence-corrected chi connectivity index (χ1v) is 48.7. The Labute approximate surface area is 869 Å². The molecule has 0 spiro atoms. The Balaban J connectivity index is 0.000000128. The van der Waals surface area contributed by atoms with Gasteiger partial charge in [-0.2, -0.15) is 4.57 Å². The highest BCUT2D eigenvalue weighted by molar-refractivity contribution is 6.27. The monoisotopic (exact) mass is 1920 g/mol. The summed E-state index contributed by atoms with van der Waals surface area (Å²) in [5.74, 6) is 0. The number of rotatable bonds is 6. The van der Waals surface area contributed by atoms with Gasteiger partial charge in [0.15, 0.2) is 31.0 Å². The van der Waals surface area contributed by atoms with Crippen LogP contribution in [0.15, 0.2) is 359 Å². The van der Waals surface area contributed by atoms with Crippen molar-refractivity contribution in [2.75, 3.05) is 0 Å². The van der Waals surface area contributed by atoms with Crippen LogP contribution in [-0.2, 0) is 70.5 Å². The standard InChI is InChI=1S/C32H29N2.C26H25N2.C25H23N2.2C24H21N2.5CH4/c1-20-6-9-23(10-7-20)24-11-14-27-25(19-24)12-15-29-30(27)28-16-17-33(4)31(32(28)34(29)5)26-13-8-21(2)18-22(26)3;1-16-10-12-20(17(2)14-16)26-24-23-21-9-7-6-8-19(21)11-13-22(23)28(5)25(24)18(3)15-27(26)4;1-16-9-5-8-12-20(16)25-23-21-13-18-10-6-7-11-19(18)14-22(21)27(4)24(23)17(2)15-26(25)3;1-16-8-4-7-11-19(16)24-23-20-14-17-9-5-6-10-18(17)15-22(20)26(3)21(23)12-13-25(24)2;1-16-8-4-6-10-18(16)24-23-21(14-15-25(24)2)26(3)20-13-12-17-9-5-7-11-19(17)22(20)23;;;;;/h6-19H,1-5H3;6-15H,1-5H3;5-15H,1-4H3;2*4-15H,1-3H3;5*1H4/q5*+1;;;;;/i;1D3,3D3;;;;;;;;. The summed E-state index contributed by atoms with van der Waals surface area (Å²) >= 11 is 0. The van der Waals surface area contributed by atoms with Gasteiger partial charge in [-0.3, -0.25) is 0 Å². The minimum absolute atomic E-state index is 0. The molecule has 0 saturated carbocycles. The molecule has 0 fully saturated rings. The molecule has 0 saturated heterocycles. The molecule has 728 valence electrons. The fourth-order valence-corrected chi connectivity index (χ4v) is 23.0.